The Morgan fingerprint density at radius 1 is 1.20 bits per heavy atom. The summed E-state index contributed by atoms with van der Waals surface area (Å²) in [4.78, 5) is 15.5. The molecular formula is C13H14F3N3O. The maximum Gasteiger partial charge on any atom is 0.416 e. The molecule has 2 amide bonds. The fourth-order valence-electron chi connectivity index (χ4n) is 2.67. The van der Waals surface area contributed by atoms with Crippen molar-refractivity contribution in [1.82, 2.24) is 10.2 Å². The lowest BCUT2D eigenvalue weighted by molar-refractivity contribution is -0.137. The molecule has 0 aromatic heterocycles. The largest absolute Gasteiger partial charge is 0.416 e. The van der Waals surface area contributed by atoms with E-state index < -0.39 is 11.7 Å². The van der Waals surface area contributed by atoms with Crippen LogP contribution in [0, 0.1) is 0 Å². The summed E-state index contributed by atoms with van der Waals surface area (Å²) in [6.07, 6.45) is -4.35. The van der Waals surface area contributed by atoms with Gasteiger partial charge in [0.2, 0.25) is 0 Å². The Bertz CT molecular complexity index is 515. The summed E-state index contributed by atoms with van der Waals surface area (Å²) in [5.74, 6) is 0. The van der Waals surface area contributed by atoms with Gasteiger partial charge in [-0.3, -0.25) is 4.90 Å². The average molecular weight is 285 g/mol. The first-order valence-corrected chi connectivity index (χ1v) is 6.43. The molecule has 108 valence electrons. The highest BCUT2D eigenvalue weighted by atomic mass is 19.4. The standard InChI is InChI=1S/C13H14F3N3O/c14-13(15,16)9-1-3-10(4-2-9)19-8-11-7-17-5-6-18(11)12(19)20/h1-4,11,17H,5-8H2. The maximum absolute atomic E-state index is 12.5. The molecule has 0 bridgehead atoms. The molecule has 2 aliphatic rings. The monoisotopic (exact) mass is 285 g/mol. The van der Waals surface area contributed by atoms with Gasteiger partial charge in [-0.25, -0.2) is 4.79 Å². The number of alkyl halides is 3. The summed E-state index contributed by atoms with van der Waals surface area (Å²) in [7, 11) is 0. The normalized spacial score (nSPS) is 23.1. The summed E-state index contributed by atoms with van der Waals surface area (Å²) in [5.41, 5.74) is -0.190. The fourth-order valence-corrected chi connectivity index (χ4v) is 2.67. The van der Waals surface area contributed by atoms with Crippen LogP contribution in [0.15, 0.2) is 24.3 Å². The number of carbonyl (C=O) groups is 1. The van der Waals surface area contributed by atoms with E-state index in [9.17, 15) is 18.0 Å². The van der Waals surface area contributed by atoms with Gasteiger partial charge >= 0.3 is 12.2 Å². The van der Waals surface area contributed by atoms with Crippen molar-refractivity contribution in [1.29, 1.82) is 0 Å². The minimum absolute atomic E-state index is 0.0959. The number of urea groups is 1. The number of amides is 2. The van der Waals surface area contributed by atoms with E-state index in [-0.39, 0.29) is 12.1 Å². The molecule has 7 heteroatoms. The third-order valence-corrected chi connectivity index (χ3v) is 3.73. The first-order valence-electron chi connectivity index (χ1n) is 6.43. The number of carbonyl (C=O) groups excluding carboxylic acids is 1. The number of anilines is 1. The highest BCUT2D eigenvalue weighted by Gasteiger charge is 2.39. The van der Waals surface area contributed by atoms with E-state index in [2.05, 4.69) is 5.32 Å². The van der Waals surface area contributed by atoms with Crippen LogP contribution in [0.3, 0.4) is 0 Å². The topological polar surface area (TPSA) is 35.6 Å². The van der Waals surface area contributed by atoms with Crippen LogP contribution in [0.1, 0.15) is 5.56 Å². The Kier molecular flexibility index (Phi) is 3.08. The Balaban J connectivity index is 1.81. The Morgan fingerprint density at radius 2 is 1.90 bits per heavy atom. The second-order valence-electron chi connectivity index (χ2n) is 4.99. The van der Waals surface area contributed by atoms with Gasteiger partial charge in [-0.1, -0.05) is 0 Å². The maximum atomic E-state index is 12.5. The number of nitrogens with one attached hydrogen (secondary N) is 1. The minimum atomic E-state index is -4.35. The van der Waals surface area contributed by atoms with E-state index in [0.717, 1.165) is 25.2 Å². The molecule has 1 unspecified atom stereocenters. The van der Waals surface area contributed by atoms with Crippen molar-refractivity contribution in [3.63, 3.8) is 0 Å². The number of halogens is 3. The van der Waals surface area contributed by atoms with Crippen LogP contribution in [0.25, 0.3) is 0 Å². The van der Waals surface area contributed by atoms with Gasteiger partial charge in [0.25, 0.3) is 0 Å². The molecule has 0 aliphatic carbocycles. The third-order valence-electron chi connectivity index (χ3n) is 3.73. The van der Waals surface area contributed by atoms with Crippen molar-refractivity contribution in [2.45, 2.75) is 12.2 Å². The van der Waals surface area contributed by atoms with Gasteiger partial charge in [0.15, 0.2) is 0 Å². The van der Waals surface area contributed by atoms with Crippen LogP contribution in [-0.4, -0.2) is 43.2 Å². The van der Waals surface area contributed by atoms with E-state index in [0.29, 0.717) is 18.8 Å². The van der Waals surface area contributed by atoms with Crippen LogP contribution < -0.4 is 10.2 Å². The zero-order chi connectivity index (χ0) is 14.3. The van der Waals surface area contributed by atoms with Gasteiger partial charge in [0.05, 0.1) is 11.6 Å². The van der Waals surface area contributed by atoms with Gasteiger partial charge in [0, 0.05) is 31.9 Å². The van der Waals surface area contributed by atoms with Crippen molar-refractivity contribution in [3.8, 4) is 0 Å². The second kappa shape index (κ2) is 4.66. The van der Waals surface area contributed by atoms with Crippen molar-refractivity contribution < 1.29 is 18.0 Å². The first kappa shape index (κ1) is 13.2. The molecule has 2 fully saturated rings. The fraction of sp³-hybridized carbons (Fsp3) is 0.462. The molecule has 1 N–H and O–H groups in total. The lowest BCUT2D eigenvalue weighted by Crippen LogP contribution is -2.49. The lowest BCUT2D eigenvalue weighted by atomic mass is 10.2. The zero-order valence-corrected chi connectivity index (χ0v) is 10.7. The Morgan fingerprint density at radius 3 is 2.50 bits per heavy atom. The number of rotatable bonds is 1. The van der Waals surface area contributed by atoms with E-state index in [4.69, 9.17) is 0 Å². The molecule has 0 radical (unpaired) electrons. The molecule has 2 heterocycles. The van der Waals surface area contributed by atoms with Crippen molar-refractivity contribution in [3.05, 3.63) is 29.8 Å². The molecule has 1 aromatic carbocycles. The average Bonchev–Trinajstić information content (AvgIpc) is 2.76. The van der Waals surface area contributed by atoms with Gasteiger partial charge in [0.1, 0.15) is 0 Å². The summed E-state index contributed by atoms with van der Waals surface area (Å²) >= 11 is 0. The molecule has 3 rings (SSSR count). The summed E-state index contributed by atoms with van der Waals surface area (Å²) in [5, 5.41) is 3.21. The number of nitrogens with zero attached hydrogens (tertiary/aromatic N) is 2. The van der Waals surface area contributed by atoms with Crippen LogP contribution in [-0.2, 0) is 6.18 Å². The SMILES string of the molecule is O=C1N(c2ccc(C(F)(F)F)cc2)CC2CNCCN12. The summed E-state index contributed by atoms with van der Waals surface area (Å²) in [6.45, 7) is 2.63. The number of piperazine rings is 1. The van der Waals surface area contributed by atoms with Gasteiger partial charge < -0.3 is 10.2 Å². The summed E-state index contributed by atoms with van der Waals surface area (Å²) < 4.78 is 37.6. The van der Waals surface area contributed by atoms with Crippen LogP contribution >= 0.6 is 0 Å². The highest BCUT2D eigenvalue weighted by molar-refractivity contribution is 5.94. The van der Waals surface area contributed by atoms with E-state index >= 15 is 0 Å². The van der Waals surface area contributed by atoms with Crippen molar-refractivity contribution in [2.24, 2.45) is 0 Å². The molecule has 1 atom stereocenters. The van der Waals surface area contributed by atoms with Gasteiger partial charge in [-0.2, -0.15) is 13.2 Å². The zero-order valence-electron chi connectivity index (χ0n) is 10.7. The molecular weight excluding hydrogens is 271 g/mol. The Hall–Kier alpha value is -1.76. The third kappa shape index (κ3) is 2.22. The predicted octanol–water partition coefficient (Wildman–Crippen LogP) is 1.92. The van der Waals surface area contributed by atoms with Crippen molar-refractivity contribution >= 4 is 11.7 Å². The van der Waals surface area contributed by atoms with E-state index in [1.165, 1.54) is 17.0 Å². The van der Waals surface area contributed by atoms with Gasteiger partial charge in [-0.15, -0.1) is 0 Å². The predicted molar refractivity (Wildman–Crippen MR) is 67.5 cm³/mol. The smallest absolute Gasteiger partial charge is 0.317 e. The highest BCUT2D eigenvalue weighted by Crippen LogP contribution is 2.31. The quantitative estimate of drug-likeness (QED) is 0.855. The second-order valence-corrected chi connectivity index (χ2v) is 4.99. The number of fused-ring (bicyclic) bond motifs is 1. The summed E-state index contributed by atoms with van der Waals surface area (Å²) in [6, 6.07) is 4.70. The van der Waals surface area contributed by atoms with E-state index in [1.807, 2.05) is 0 Å². The number of hydrogen-bond donors (Lipinski definition) is 1. The minimum Gasteiger partial charge on any atom is -0.317 e. The van der Waals surface area contributed by atoms with Crippen LogP contribution in [0.2, 0.25) is 0 Å². The Labute approximate surface area is 114 Å². The van der Waals surface area contributed by atoms with E-state index in [1.54, 1.807) is 4.90 Å². The molecule has 0 saturated carbocycles. The lowest BCUT2D eigenvalue weighted by Gasteiger charge is -2.28. The van der Waals surface area contributed by atoms with Crippen LogP contribution in [0.4, 0.5) is 23.7 Å². The number of benzene rings is 1. The van der Waals surface area contributed by atoms with Crippen molar-refractivity contribution in [2.75, 3.05) is 31.1 Å². The molecule has 1 aromatic rings. The molecule has 2 aliphatic heterocycles. The molecule has 4 nitrogen and oxygen atoms in total. The van der Waals surface area contributed by atoms with Gasteiger partial charge in [-0.05, 0) is 24.3 Å². The first-order chi connectivity index (χ1) is 9.47. The van der Waals surface area contributed by atoms with Crippen LogP contribution in [0.5, 0.6) is 0 Å². The number of hydrogen-bond acceptors (Lipinski definition) is 2. The molecule has 0 spiro atoms. The molecule has 2 saturated heterocycles. The molecule has 20 heavy (non-hydrogen) atoms.